The number of aryl methyl sites for hydroxylation is 2. The molecular weight excluding hydrogens is 411 g/mol. The molecule has 2 N–H and O–H groups in total. The average molecular weight is 437 g/mol. The van der Waals surface area contributed by atoms with E-state index < -0.39 is 11.2 Å². The molecule has 0 atom stereocenters. The van der Waals surface area contributed by atoms with E-state index in [0.29, 0.717) is 18.7 Å². The van der Waals surface area contributed by atoms with Gasteiger partial charge in [0.05, 0.1) is 11.6 Å². The van der Waals surface area contributed by atoms with Crippen molar-refractivity contribution < 1.29 is 13.9 Å². The Hall–Kier alpha value is -2.18. The van der Waals surface area contributed by atoms with Crippen molar-refractivity contribution in [2.24, 2.45) is 5.41 Å². The number of hydrogen-bond donors (Lipinski definition) is 2. The van der Waals surface area contributed by atoms with Crippen molar-refractivity contribution in [2.75, 3.05) is 11.9 Å². The maximum atomic E-state index is 13.2. The summed E-state index contributed by atoms with van der Waals surface area (Å²) in [6.07, 6.45) is 1.36. The Labute approximate surface area is 181 Å². The number of anilines is 1. The van der Waals surface area contributed by atoms with E-state index in [1.165, 1.54) is 18.2 Å². The minimum atomic E-state index is -0.628. The van der Waals surface area contributed by atoms with Crippen LogP contribution in [0.25, 0.3) is 0 Å². The summed E-state index contributed by atoms with van der Waals surface area (Å²) in [7, 11) is 0. The van der Waals surface area contributed by atoms with E-state index in [9.17, 15) is 9.18 Å². The summed E-state index contributed by atoms with van der Waals surface area (Å²) in [5.41, 5.74) is 2.11. The summed E-state index contributed by atoms with van der Waals surface area (Å²) < 4.78 is 19.1. The molecule has 0 radical (unpaired) electrons. The van der Waals surface area contributed by atoms with Crippen LogP contribution in [0.2, 0.25) is 5.02 Å². The molecule has 156 valence electrons. The summed E-state index contributed by atoms with van der Waals surface area (Å²) in [6, 6.07) is 10.2. The number of hydrogen-bond acceptors (Lipinski definition) is 3. The molecule has 0 aliphatic rings. The van der Waals surface area contributed by atoms with E-state index in [1.807, 2.05) is 45.9 Å². The van der Waals surface area contributed by atoms with E-state index in [2.05, 4.69) is 10.6 Å². The fraction of sp³-hybridized carbons (Fsp3) is 0.364. The first-order valence-electron chi connectivity index (χ1n) is 9.36. The second-order valence-electron chi connectivity index (χ2n) is 7.64. The summed E-state index contributed by atoms with van der Waals surface area (Å²) in [5.74, 6) is 0.155. The van der Waals surface area contributed by atoms with E-state index in [1.54, 1.807) is 0 Å². The highest BCUT2D eigenvalue weighted by atomic mass is 35.5. The van der Waals surface area contributed by atoms with Crippen LogP contribution >= 0.6 is 23.8 Å². The van der Waals surface area contributed by atoms with Crippen LogP contribution in [-0.4, -0.2) is 17.6 Å². The Morgan fingerprint density at radius 2 is 1.93 bits per heavy atom. The van der Waals surface area contributed by atoms with Crippen molar-refractivity contribution in [1.82, 2.24) is 5.32 Å². The first-order chi connectivity index (χ1) is 13.6. The zero-order valence-corrected chi connectivity index (χ0v) is 18.6. The molecule has 0 saturated heterocycles. The van der Waals surface area contributed by atoms with Crippen LogP contribution in [0.15, 0.2) is 36.4 Å². The van der Waals surface area contributed by atoms with Gasteiger partial charge in [-0.3, -0.25) is 4.79 Å². The lowest BCUT2D eigenvalue weighted by Crippen LogP contribution is -2.42. The molecule has 0 saturated carbocycles. The highest BCUT2D eigenvalue weighted by Gasteiger charge is 2.27. The van der Waals surface area contributed by atoms with Crippen molar-refractivity contribution in [2.45, 2.75) is 40.5 Å². The third kappa shape index (κ3) is 6.98. The summed E-state index contributed by atoms with van der Waals surface area (Å²) in [6.45, 7) is 8.28. The maximum Gasteiger partial charge on any atom is 0.231 e. The highest BCUT2D eigenvalue weighted by molar-refractivity contribution is 7.80. The number of benzene rings is 2. The lowest BCUT2D eigenvalue weighted by atomic mass is 9.87. The van der Waals surface area contributed by atoms with Crippen LogP contribution in [0.1, 0.15) is 37.8 Å². The highest BCUT2D eigenvalue weighted by Crippen LogP contribution is 2.24. The molecule has 0 aliphatic heterocycles. The molecule has 2 aromatic carbocycles. The Bertz CT molecular complexity index is 902. The third-order valence-electron chi connectivity index (χ3n) is 4.57. The number of thiocarbonyl (C=S) groups is 1. The number of nitrogens with one attached hydrogen (secondary N) is 2. The smallest absolute Gasteiger partial charge is 0.231 e. The molecule has 4 nitrogen and oxygen atoms in total. The average Bonchev–Trinajstić information content (AvgIpc) is 2.64. The van der Waals surface area contributed by atoms with E-state index in [-0.39, 0.29) is 16.0 Å². The Kier molecular flexibility index (Phi) is 7.99. The number of carbonyl (C=O) groups excluding carboxylic acids is 1. The molecule has 7 heteroatoms. The van der Waals surface area contributed by atoms with Crippen molar-refractivity contribution in [3.05, 3.63) is 58.4 Å². The van der Waals surface area contributed by atoms with Gasteiger partial charge in [-0.05, 0) is 74.3 Å². The molecule has 2 rings (SSSR count). The Morgan fingerprint density at radius 3 is 2.62 bits per heavy atom. The van der Waals surface area contributed by atoms with Crippen LogP contribution in [0.4, 0.5) is 10.1 Å². The maximum absolute atomic E-state index is 13.2. The Morgan fingerprint density at radius 1 is 1.21 bits per heavy atom. The fourth-order valence-electron chi connectivity index (χ4n) is 2.68. The molecule has 0 unspecified atom stereocenters. The van der Waals surface area contributed by atoms with Gasteiger partial charge in [-0.2, -0.15) is 0 Å². The quantitative estimate of drug-likeness (QED) is 0.425. The zero-order chi connectivity index (χ0) is 21.6. The molecular formula is C22H26ClFN2O2S. The number of rotatable bonds is 7. The molecule has 0 aliphatic carbocycles. The van der Waals surface area contributed by atoms with Crippen LogP contribution in [-0.2, 0) is 4.79 Å². The van der Waals surface area contributed by atoms with Crippen molar-refractivity contribution in [1.29, 1.82) is 0 Å². The normalized spacial score (nSPS) is 11.1. The largest absolute Gasteiger partial charge is 0.493 e. The lowest BCUT2D eigenvalue weighted by Gasteiger charge is -2.24. The van der Waals surface area contributed by atoms with Gasteiger partial charge in [0.1, 0.15) is 11.6 Å². The van der Waals surface area contributed by atoms with Gasteiger partial charge < -0.3 is 15.4 Å². The summed E-state index contributed by atoms with van der Waals surface area (Å²) >= 11 is 10.9. The lowest BCUT2D eigenvalue weighted by molar-refractivity contribution is -0.128. The van der Waals surface area contributed by atoms with E-state index >= 15 is 0 Å². The Balaban J connectivity index is 1.81. The molecule has 2 aromatic rings. The van der Waals surface area contributed by atoms with Gasteiger partial charge in [-0.15, -0.1) is 0 Å². The number of ether oxygens (including phenoxy) is 1. The third-order valence-corrected chi connectivity index (χ3v) is 5.06. The molecule has 0 fully saturated rings. The van der Waals surface area contributed by atoms with Crippen molar-refractivity contribution >= 4 is 40.5 Å². The van der Waals surface area contributed by atoms with Crippen molar-refractivity contribution in [3.8, 4) is 5.75 Å². The van der Waals surface area contributed by atoms with Gasteiger partial charge in [0.15, 0.2) is 5.11 Å². The monoisotopic (exact) mass is 436 g/mol. The second kappa shape index (κ2) is 10.0. The molecule has 0 heterocycles. The molecule has 0 aromatic heterocycles. The van der Waals surface area contributed by atoms with E-state index in [0.717, 1.165) is 23.3 Å². The van der Waals surface area contributed by atoms with E-state index in [4.69, 9.17) is 28.6 Å². The van der Waals surface area contributed by atoms with Crippen LogP contribution in [0.5, 0.6) is 5.75 Å². The summed E-state index contributed by atoms with van der Waals surface area (Å²) in [5, 5.41) is 5.63. The number of halogens is 2. The predicted octanol–water partition coefficient (Wildman–Crippen LogP) is 5.79. The number of amides is 1. The van der Waals surface area contributed by atoms with Gasteiger partial charge in [0.2, 0.25) is 5.91 Å². The van der Waals surface area contributed by atoms with Gasteiger partial charge >= 0.3 is 0 Å². The summed E-state index contributed by atoms with van der Waals surface area (Å²) in [4.78, 5) is 12.6. The standard InChI is InChI=1S/C22H26ClFN2O2S/c1-14-6-7-15(2)19(12-14)28-11-5-10-22(3,4)20(27)26-21(29)25-16-8-9-18(24)17(23)13-16/h6-9,12-13H,5,10-11H2,1-4H3,(H2,25,26,27,29). The van der Waals surface area contributed by atoms with Crippen LogP contribution < -0.4 is 15.4 Å². The SMILES string of the molecule is Cc1ccc(C)c(OCCCC(C)(C)C(=O)NC(=S)Nc2ccc(F)c(Cl)c2)c1. The van der Waals surface area contributed by atoms with Crippen molar-refractivity contribution in [3.63, 3.8) is 0 Å². The molecule has 0 bridgehead atoms. The van der Waals surface area contributed by atoms with Gasteiger partial charge in [-0.25, -0.2) is 4.39 Å². The first kappa shape index (κ1) is 23.1. The van der Waals surface area contributed by atoms with Gasteiger partial charge in [-0.1, -0.05) is 37.6 Å². The first-order valence-corrected chi connectivity index (χ1v) is 10.1. The minimum Gasteiger partial charge on any atom is -0.493 e. The van der Waals surface area contributed by atoms with Crippen LogP contribution in [0, 0.1) is 25.1 Å². The number of carbonyl (C=O) groups is 1. The molecule has 0 spiro atoms. The second-order valence-corrected chi connectivity index (χ2v) is 8.46. The molecule has 1 amide bonds. The molecule has 29 heavy (non-hydrogen) atoms. The van der Waals surface area contributed by atoms with Gasteiger partial charge in [0, 0.05) is 11.1 Å². The predicted molar refractivity (Wildman–Crippen MR) is 120 cm³/mol. The zero-order valence-electron chi connectivity index (χ0n) is 17.1. The fourth-order valence-corrected chi connectivity index (χ4v) is 3.07. The minimum absolute atomic E-state index is 0.0201. The van der Waals surface area contributed by atoms with Crippen LogP contribution in [0.3, 0.4) is 0 Å². The topological polar surface area (TPSA) is 50.4 Å². The van der Waals surface area contributed by atoms with Gasteiger partial charge in [0.25, 0.3) is 0 Å².